The van der Waals surface area contributed by atoms with Gasteiger partial charge in [0.15, 0.2) is 16.3 Å². The highest BCUT2D eigenvalue weighted by molar-refractivity contribution is 7.07. The Labute approximate surface area is 221 Å². The lowest BCUT2D eigenvalue weighted by Gasteiger charge is -2.25. The minimum Gasteiger partial charge on any atom is -0.496 e. The summed E-state index contributed by atoms with van der Waals surface area (Å²) in [4.78, 5) is 31.7. The Kier molecular flexibility index (Phi) is 7.60. The molecule has 1 aliphatic rings. The summed E-state index contributed by atoms with van der Waals surface area (Å²) in [6, 6.07) is 7.56. The monoisotopic (exact) mass is 544 g/mol. The Morgan fingerprint density at radius 1 is 0.973 bits per heavy atom. The van der Waals surface area contributed by atoms with Gasteiger partial charge in [0.1, 0.15) is 17.5 Å². The summed E-state index contributed by atoms with van der Waals surface area (Å²) in [5.41, 5.74) is 1.41. The second-order valence-corrected chi connectivity index (χ2v) is 9.35. The van der Waals surface area contributed by atoms with Gasteiger partial charge in [-0.2, -0.15) is 0 Å². The summed E-state index contributed by atoms with van der Waals surface area (Å²) in [7, 11) is 7.37. The van der Waals surface area contributed by atoms with Gasteiger partial charge in [0.25, 0.3) is 5.56 Å². The van der Waals surface area contributed by atoms with E-state index in [9.17, 15) is 9.59 Å². The number of hydrogen-bond acceptors (Lipinski definition) is 9. The Morgan fingerprint density at radius 2 is 1.62 bits per heavy atom. The Hall–Kier alpha value is -3.76. The van der Waals surface area contributed by atoms with Gasteiger partial charge in [0.2, 0.25) is 0 Å². The largest absolute Gasteiger partial charge is 0.496 e. The molecule has 0 N–H and O–H groups in total. The summed E-state index contributed by atoms with van der Waals surface area (Å²) < 4.78 is 28.7. The van der Waals surface area contributed by atoms with Crippen molar-refractivity contribution in [3.8, 4) is 23.0 Å². The van der Waals surface area contributed by atoms with E-state index < -0.39 is 12.0 Å². The minimum absolute atomic E-state index is 0.214. The standard InChI is InChI=1S/C26H25ClN2O7S/c1-13-22(25(31)36-6)23(16-11-15(27)7-8-17(16)32-2)29-24(30)21(37-26(29)28-13)10-14-9-19(34-4)20(35-5)12-18(14)33-3/h7-12,23H,1-6H3/b21-10-/t23-/m0/s1. The highest BCUT2D eigenvalue weighted by Crippen LogP contribution is 2.38. The van der Waals surface area contributed by atoms with E-state index in [1.165, 1.54) is 51.5 Å². The van der Waals surface area contributed by atoms with Crippen LogP contribution in [0.3, 0.4) is 0 Å². The van der Waals surface area contributed by atoms with Crippen molar-refractivity contribution in [3.63, 3.8) is 0 Å². The van der Waals surface area contributed by atoms with Crippen LogP contribution in [0.4, 0.5) is 0 Å². The lowest BCUT2D eigenvalue weighted by molar-refractivity contribution is -0.136. The molecule has 1 aliphatic heterocycles. The van der Waals surface area contributed by atoms with Crippen LogP contribution in [0.25, 0.3) is 6.08 Å². The topological polar surface area (TPSA) is 97.6 Å². The normalized spacial score (nSPS) is 15.1. The number of aromatic nitrogens is 1. The number of ether oxygens (including phenoxy) is 5. The molecule has 11 heteroatoms. The van der Waals surface area contributed by atoms with Crippen LogP contribution in [0, 0.1) is 0 Å². The van der Waals surface area contributed by atoms with Gasteiger partial charge in [-0.3, -0.25) is 9.36 Å². The van der Waals surface area contributed by atoms with Gasteiger partial charge in [-0.1, -0.05) is 22.9 Å². The second kappa shape index (κ2) is 10.7. The van der Waals surface area contributed by atoms with E-state index in [0.29, 0.717) is 54.2 Å². The average molecular weight is 545 g/mol. The van der Waals surface area contributed by atoms with Crippen molar-refractivity contribution in [1.29, 1.82) is 0 Å². The average Bonchev–Trinajstić information content (AvgIpc) is 3.21. The van der Waals surface area contributed by atoms with Gasteiger partial charge in [-0.15, -0.1) is 0 Å². The van der Waals surface area contributed by atoms with Crippen molar-refractivity contribution in [2.75, 3.05) is 35.5 Å². The van der Waals surface area contributed by atoms with Crippen LogP contribution in [0.2, 0.25) is 5.02 Å². The van der Waals surface area contributed by atoms with E-state index in [4.69, 9.17) is 35.3 Å². The van der Waals surface area contributed by atoms with Crippen LogP contribution in [0.5, 0.6) is 23.0 Å². The van der Waals surface area contributed by atoms with Crippen molar-refractivity contribution in [2.24, 2.45) is 4.99 Å². The van der Waals surface area contributed by atoms with Crippen LogP contribution >= 0.6 is 22.9 Å². The van der Waals surface area contributed by atoms with Crippen LogP contribution in [0.15, 0.2) is 51.4 Å². The van der Waals surface area contributed by atoms with E-state index in [2.05, 4.69) is 4.99 Å². The molecule has 0 unspecified atom stereocenters. The number of benzene rings is 2. The van der Waals surface area contributed by atoms with Crippen molar-refractivity contribution < 1.29 is 28.5 Å². The number of methoxy groups -OCH3 is 5. The first-order chi connectivity index (χ1) is 17.8. The summed E-state index contributed by atoms with van der Waals surface area (Å²) in [5.74, 6) is 1.31. The number of nitrogens with zero attached hydrogens (tertiary/aromatic N) is 2. The van der Waals surface area contributed by atoms with Crippen molar-refractivity contribution in [3.05, 3.63) is 77.4 Å². The third-order valence-corrected chi connectivity index (χ3v) is 7.15. The van der Waals surface area contributed by atoms with E-state index in [1.807, 2.05) is 0 Å². The molecule has 0 fully saturated rings. The first-order valence-corrected chi connectivity index (χ1v) is 12.2. The summed E-state index contributed by atoms with van der Waals surface area (Å²) in [5, 5.41) is 0.423. The molecule has 37 heavy (non-hydrogen) atoms. The molecule has 1 atom stereocenters. The molecule has 0 amide bonds. The minimum atomic E-state index is -0.869. The number of rotatable bonds is 7. The van der Waals surface area contributed by atoms with Gasteiger partial charge >= 0.3 is 5.97 Å². The summed E-state index contributed by atoms with van der Waals surface area (Å²) in [6.45, 7) is 1.70. The number of hydrogen-bond donors (Lipinski definition) is 0. The summed E-state index contributed by atoms with van der Waals surface area (Å²) >= 11 is 7.50. The maximum Gasteiger partial charge on any atom is 0.338 e. The third kappa shape index (κ3) is 4.70. The molecule has 1 aromatic heterocycles. The van der Waals surface area contributed by atoms with Gasteiger partial charge in [-0.05, 0) is 37.3 Å². The molecule has 0 aliphatic carbocycles. The number of carbonyl (C=O) groups is 1. The highest BCUT2D eigenvalue weighted by atomic mass is 35.5. The maximum absolute atomic E-state index is 13.9. The Balaban J connectivity index is 2.03. The van der Waals surface area contributed by atoms with Gasteiger partial charge < -0.3 is 23.7 Å². The van der Waals surface area contributed by atoms with Crippen LogP contribution < -0.4 is 33.8 Å². The molecule has 2 heterocycles. The zero-order valence-corrected chi connectivity index (χ0v) is 22.7. The lowest BCUT2D eigenvalue weighted by Crippen LogP contribution is -2.40. The third-order valence-electron chi connectivity index (χ3n) is 5.94. The second-order valence-electron chi connectivity index (χ2n) is 7.91. The number of halogens is 1. The molecular formula is C26H25ClN2O7S. The molecule has 0 bridgehead atoms. The van der Waals surface area contributed by atoms with Crippen LogP contribution in [0.1, 0.15) is 24.1 Å². The number of allylic oxidation sites excluding steroid dienone is 1. The van der Waals surface area contributed by atoms with Gasteiger partial charge in [0.05, 0.1) is 51.4 Å². The van der Waals surface area contributed by atoms with Crippen LogP contribution in [-0.4, -0.2) is 46.1 Å². The van der Waals surface area contributed by atoms with Gasteiger partial charge in [-0.25, -0.2) is 9.79 Å². The van der Waals surface area contributed by atoms with E-state index in [1.54, 1.807) is 43.3 Å². The molecule has 9 nitrogen and oxygen atoms in total. The molecule has 4 rings (SSSR count). The van der Waals surface area contributed by atoms with Crippen molar-refractivity contribution in [1.82, 2.24) is 4.57 Å². The molecule has 3 aromatic rings. The van der Waals surface area contributed by atoms with E-state index in [0.717, 1.165) is 0 Å². The predicted octanol–water partition coefficient (Wildman–Crippen LogP) is 3.10. The van der Waals surface area contributed by atoms with E-state index >= 15 is 0 Å². The quantitative estimate of drug-likeness (QED) is 0.422. The zero-order valence-electron chi connectivity index (χ0n) is 21.1. The van der Waals surface area contributed by atoms with E-state index in [-0.39, 0.29) is 11.1 Å². The fourth-order valence-corrected chi connectivity index (χ4v) is 5.43. The Bertz CT molecular complexity index is 1590. The molecular weight excluding hydrogens is 520 g/mol. The number of fused-ring (bicyclic) bond motifs is 1. The predicted molar refractivity (Wildman–Crippen MR) is 140 cm³/mol. The zero-order chi connectivity index (χ0) is 26.9. The molecule has 194 valence electrons. The molecule has 0 saturated heterocycles. The van der Waals surface area contributed by atoms with Crippen LogP contribution in [-0.2, 0) is 9.53 Å². The van der Waals surface area contributed by atoms with Crippen molar-refractivity contribution in [2.45, 2.75) is 13.0 Å². The lowest BCUT2D eigenvalue weighted by atomic mass is 9.95. The number of thiazole rings is 1. The Morgan fingerprint density at radius 3 is 2.24 bits per heavy atom. The summed E-state index contributed by atoms with van der Waals surface area (Å²) in [6.07, 6.45) is 1.69. The first kappa shape index (κ1) is 26.3. The smallest absolute Gasteiger partial charge is 0.338 e. The fraction of sp³-hybridized carbons (Fsp3) is 0.269. The SMILES string of the molecule is COC(=O)C1=C(C)N=c2s/c(=C\c3cc(OC)c(OC)cc3OC)c(=O)n2[C@H]1c1cc(Cl)ccc1OC. The number of carbonyl (C=O) groups excluding carboxylic acids is 1. The van der Waals surface area contributed by atoms with Crippen molar-refractivity contribution >= 4 is 35.0 Å². The first-order valence-electron chi connectivity index (χ1n) is 11.0. The fourth-order valence-electron chi connectivity index (χ4n) is 4.21. The maximum atomic E-state index is 13.9. The molecule has 0 radical (unpaired) electrons. The molecule has 0 saturated carbocycles. The molecule has 0 spiro atoms. The highest BCUT2D eigenvalue weighted by Gasteiger charge is 2.35. The molecule has 2 aromatic carbocycles. The number of esters is 1. The van der Waals surface area contributed by atoms with Gasteiger partial charge in [0, 0.05) is 22.2 Å².